The molecule has 4 aromatic rings. The van der Waals surface area contributed by atoms with Crippen LogP contribution in [0.1, 0.15) is 63.8 Å². The van der Waals surface area contributed by atoms with E-state index in [1.54, 1.807) is 125 Å². The quantitative estimate of drug-likeness (QED) is 0.0532. The number of nitrogens with one attached hydrogen (secondary N) is 6. The normalized spacial score (nSPS) is 14.8. The number of rotatable bonds is 23. The van der Waals surface area contributed by atoms with Crippen molar-refractivity contribution in [2.24, 2.45) is 11.8 Å². The molecular formula is C50H64N6O10. The first-order valence-electron chi connectivity index (χ1n) is 22.1. The zero-order valence-electron chi connectivity index (χ0n) is 38.3. The van der Waals surface area contributed by atoms with Gasteiger partial charge >= 0.3 is 12.2 Å². The predicted molar refractivity (Wildman–Crippen MR) is 248 cm³/mol. The average Bonchev–Trinajstić information content (AvgIpc) is 3.31. The first kappa shape index (κ1) is 51.9. The number of aliphatic hydroxyl groups is 2. The maximum atomic E-state index is 14.1. The number of ether oxygens (including phenoxy) is 2. The van der Waals surface area contributed by atoms with Gasteiger partial charge in [0.25, 0.3) is 0 Å². The monoisotopic (exact) mass is 908 g/mol. The molecule has 1 unspecified atom stereocenters. The van der Waals surface area contributed by atoms with E-state index in [0.29, 0.717) is 11.1 Å². The molecule has 0 aromatic heterocycles. The summed E-state index contributed by atoms with van der Waals surface area (Å²) in [4.78, 5) is 79.9. The molecule has 16 heteroatoms. The van der Waals surface area contributed by atoms with E-state index in [9.17, 15) is 39.0 Å². The molecule has 0 bridgehead atoms. The van der Waals surface area contributed by atoms with Crippen molar-refractivity contribution in [3.05, 3.63) is 144 Å². The highest BCUT2D eigenvalue weighted by molar-refractivity contribution is 5.92. The summed E-state index contributed by atoms with van der Waals surface area (Å²) in [6.07, 6.45) is -4.94. The van der Waals surface area contributed by atoms with Gasteiger partial charge in [0.15, 0.2) is 0 Å². The standard InChI is InChI=1S/C50H64N6O10/c1-31(2)41(55-45(59)33(5)51-49(63)65-29-37-23-15-9-16-24-37)47(61)53-39(27-35-19-11-7-12-20-35)43(57)44(58)40(28-36-21-13-8-14-22-36)54-48(62)42(32(3)4)56-46(60)34(6)52-50(64)66-30-38-25-17-10-18-26-38/h7-26,31-34,39-44,57-58H,27-30H2,1-6H3,(H,51,63)(H,52,64)(H,53,61)(H,54,62)(H,55,59)(H,56,60)/t33-,34-,39-,40-,41-,42?,43+,44+/m0/s1. The summed E-state index contributed by atoms with van der Waals surface area (Å²) < 4.78 is 10.5. The summed E-state index contributed by atoms with van der Waals surface area (Å²) in [5.74, 6) is -3.57. The molecule has 0 fully saturated rings. The van der Waals surface area contributed by atoms with Gasteiger partial charge in [-0.3, -0.25) is 19.2 Å². The zero-order valence-corrected chi connectivity index (χ0v) is 38.3. The Morgan fingerprint density at radius 3 is 0.985 bits per heavy atom. The fraction of sp³-hybridized carbons (Fsp3) is 0.400. The summed E-state index contributed by atoms with van der Waals surface area (Å²) in [6, 6.07) is 29.2. The number of carbonyl (C=O) groups excluding carboxylic acids is 6. The molecule has 0 radical (unpaired) electrons. The SMILES string of the molecule is CC(C)C(NC(=O)[C@H](C)NC(=O)OCc1ccccc1)C(=O)N[C@@H](Cc1ccccc1)[C@@H](O)[C@H](O)[C@H](Cc1ccccc1)NC(=O)[C@@H](NC(=O)[C@H](C)NC(=O)OCc1ccccc1)C(C)C. The third-order valence-corrected chi connectivity index (χ3v) is 10.8. The van der Waals surface area contributed by atoms with Crippen LogP contribution in [-0.4, -0.2) is 94.5 Å². The van der Waals surface area contributed by atoms with Gasteiger partial charge in [0, 0.05) is 0 Å². The predicted octanol–water partition coefficient (Wildman–Crippen LogP) is 4.07. The molecule has 0 aliphatic carbocycles. The lowest BCUT2D eigenvalue weighted by atomic mass is 9.90. The van der Waals surface area contributed by atoms with Crippen LogP contribution in [0.4, 0.5) is 9.59 Å². The molecule has 4 aromatic carbocycles. The summed E-state index contributed by atoms with van der Waals surface area (Å²) in [7, 11) is 0. The van der Waals surface area contributed by atoms with Gasteiger partial charge in [-0.25, -0.2) is 9.59 Å². The van der Waals surface area contributed by atoms with E-state index in [1.807, 2.05) is 24.3 Å². The first-order valence-corrected chi connectivity index (χ1v) is 22.1. The molecule has 0 aliphatic rings. The van der Waals surface area contributed by atoms with Crippen molar-refractivity contribution in [3.63, 3.8) is 0 Å². The molecule has 0 saturated carbocycles. The van der Waals surface area contributed by atoms with Crippen molar-refractivity contribution < 1.29 is 48.5 Å². The van der Waals surface area contributed by atoms with Crippen LogP contribution in [0.25, 0.3) is 0 Å². The van der Waals surface area contributed by atoms with Gasteiger partial charge in [-0.2, -0.15) is 0 Å². The second kappa shape index (κ2) is 26.2. The molecule has 4 rings (SSSR count). The van der Waals surface area contributed by atoms with E-state index in [4.69, 9.17) is 9.47 Å². The Morgan fingerprint density at radius 1 is 0.409 bits per heavy atom. The van der Waals surface area contributed by atoms with E-state index >= 15 is 0 Å². The van der Waals surface area contributed by atoms with Crippen molar-refractivity contribution in [1.29, 1.82) is 0 Å². The molecule has 8 N–H and O–H groups in total. The van der Waals surface area contributed by atoms with Gasteiger partial charge in [0.2, 0.25) is 23.6 Å². The summed E-state index contributed by atoms with van der Waals surface area (Å²) in [6.45, 7) is 9.76. The lowest BCUT2D eigenvalue weighted by molar-refractivity contribution is -0.133. The van der Waals surface area contributed by atoms with E-state index < -0.39 is 96.1 Å². The lowest BCUT2D eigenvalue weighted by Crippen LogP contribution is -2.62. The number of amides is 6. The van der Waals surface area contributed by atoms with Gasteiger partial charge in [-0.1, -0.05) is 149 Å². The molecular weight excluding hydrogens is 845 g/mol. The average molecular weight is 909 g/mol. The van der Waals surface area contributed by atoms with Gasteiger partial charge in [0.05, 0.1) is 12.1 Å². The van der Waals surface area contributed by atoms with Crippen LogP contribution in [0.2, 0.25) is 0 Å². The van der Waals surface area contributed by atoms with Crippen LogP contribution in [0.15, 0.2) is 121 Å². The Bertz CT molecular complexity index is 1990. The maximum Gasteiger partial charge on any atom is 0.408 e. The summed E-state index contributed by atoms with van der Waals surface area (Å²) in [5.41, 5.74) is 2.94. The second-order valence-corrected chi connectivity index (χ2v) is 16.9. The molecule has 66 heavy (non-hydrogen) atoms. The highest BCUT2D eigenvalue weighted by atomic mass is 16.6. The number of aliphatic hydroxyl groups excluding tert-OH is 2. The molecule has 0 aliphatic heterocycles. The third kappa shape index (κ3) is 17.0. The Morgan fingerprint density at radius 2 is 0.697 bits per heavy atom. The van der Waals surface area contributed by atoms with Crippen molar-refractivity contribution >= 4 is 35.8 Å². The molecule has 0 heterocycles. The molecule has 0 saturated heterocycles. The van der Waals surface area contributed by atoms with Crippen LogP contribution in [0, 0.1) is 11.8 Å². The van der Waals surface area contributed by atoms with Crippen LogP contribution in [0.3, 0.4) is 0 Å². The van der Waals surface area contributed by atoms with Gasteiger partial charge in [-0.05, 0) is 60.8 Å². The molecule has 0 spiro atoms. The number of hydrogen-bond acceptors (Lipinski definition) is 10. The fourth-order valence-corrected chi connectivity index (χ4v) is 6.91. The summed E-state index contributed by atoms with van der Waals surface area (Å²) in [5, 5.41) is 40.1. The van der Waals surface area contributed by atoms with Crippen molar-refractivity contribution in [3.8, 4) is 0 Å². The van der Waals surface area contributed by atoms with E-state index in [-0.39, 0.29) is 26.1 Å². The largest absolute Gasteiger partial charge is 0.445 e. The Balaban J connectivity index is 1.49. The second-order valence-electron chi connectivity index (χ2n) is 16.9. The molecule has 6 amide bonds. The Labute approximate surface area is 386 Å². The van der Waals surface area contributed by atoms with Crippen LogP contribution < -0.4 is 31.9 Å². The zero-order chi connectivity index (χ0) is 48.2. The van der Waals surface area contributed by atoms with Crippen molar-refractivity contribution in [1.82, 2.24) is 31.9 Å². The van der Waals surface area contributed by atoms with Crippen LogP contribution in [0.5, 0.6) is 0 Å². The minimum Gasteiger partial charge on any atom is -0.445 e. The lowest BCUT2D eigenvalue weighted by Gasteiger charge is -2.35. The minimum absolute atomic E-state index is 0.00760. The van der Waals surface area contributed by atoms with Gasteiger partial charge < -0.3 is 51.6 Å². The number of benzene rings is 4. The van der Waals surface area contributed by atoms with Gasteiger partial charge in [0.1, 0.15) is 49.6 Å². The molecule has 8 atom stereocenters. The highest BCUT2D eigenvalue weighted by Crippen LogP contribution is 2.17. The fourth-order valence-electron chi connectivity index (χ4n) is 6.91. The number of alkyl carbamates (subject to hydrolysis) is 2. The molecule has 354 valence electrons. The Kier molecular flexibility index (Phi) is 20.6. The molecule has 16 nitrogen and oxygen atoms in total. The summed E-state index contributed by atoms with van der Waals surface area (Å²) >= 11 is 0. The third-order valence-electron chi connectivity index (χ3n) is 10.8. The first-order chi connectivity index (χ1) is 31.5. The highest BCUT2D eigenvalue weighted by Gasteiger charge is 2.38. The number of carbonyl (C=O) groups is 6. The Hall–Kier alpha value is -6.78. The maximum absolute atomic E-state index is 14.1. The minimum atomic E-state index is -1.69. The smallest absolute Gasteiger partial charge is 0.408 e. The van der Waals surface area contributed by atoms with Crippen LogP contribution >= 0.6 is 0 Å². The van der Waals surface area contributed by atoms with E-state index in [0.717, 1.165) is 11.1 Å². The number of hydrogen-bond donors (Lipinski definition) is 8. The van der Waals surface area contributed by atoms with Crippen LogP contribution in [-0.2, 0) is 54.7 Å². The van der Waals surface area contributed by atoms with E-state index in [2.05, 4.69) is 31.9 Å². The van der Waals surface area contributed by atoms with Crippen molar-refractivity contribution in [2.45, 2.75) is 116 Å². The van der Waals surface area contributed by atoms with E-state index in [1.165, 1.54) is 13.8 Å². The topological polar surface area (TPSA) is 234 Å². The van der Waals surface area contributed by atoms with Crippen molar-refractivity contribution in [2.75, 3.05) is 0 Å². The van der Waals surface area contributed by atoms with Gasteiger partial charge in [-0.15, -0.1) is 0 Å².